The summed E-state index contributed by atoms with van der Waals surface area (Å²) < 4.78 is 0. The number of hydrogen-bond acceptors (Lipinski definition) is 4. The summed E-state index contributed by atoms with van der Waals surface area (Å²) in [5.74, 6) is -1.77. The Morgan fingerprint density at radius 1 is 0.788 bits per heavy atom. The predicted octanol–water partition coefficient (Wildman–Crippen LogP) is 3.58. The van der Waals surface area contributed by atoms with Gasteiger partial charge in [0.25, 0.3) is 5.91 Å². The molecular formula is C26H26N2O4S. The zero-order valence-corrected chi connectivity index (χ0v) is 18.9. The molecule has 6 nitrogen and oxygen atoms in total. The highest BCUT2D eigenvalue weighted by Crippen LogP contribution is 2.23. The first-order valence-electron chi connectivity index (χ1n) is 10.6. The van der Waals surface area contributed by atoms with Gasteiger partial charge in [-0.3, -0.25) is 9.59 Å². The number of thiol groups is 1. The van der Waals surface area contributed by atoms with Gasteiger partial charge < -0.3 is 15.7 Å². The van der Waals surface area contributed by atoms with Gasteiger partial charge in [0, 0.05) is 12.0 Å². The predicted molar refractivity (Wildman–Crippen MR) is 131 cm³/mol. The number of hydrogen-bond donors (Lipinski definition) is 4. The van der Waals surface area contributed by atoms with Crippen molar-refractivity contribution in [2.75, 3.05) is 5.75 Å². The maximum absolute atomic E-state index is 13.1. The van der Waals surface area contributed by atoms with Crippen LogP contribution in [0.3, 0.4) is 0 Å². The summed E-state index contributed by atoms with van der Waals surface area (Å²) in [4.78, 5) is 37.8. The Kier molecular flexibility index (Phi) is 8.66. The lowest BCUT2D eigenvalue weighted by atomic mass is 9.99. The SMILES string of the molecule is O=C(NC(CCS)C(=O)N[C@H](Cc1ccccc1)C(=O)O)c1ccccc1-c1ccccc1. The minimum atomic E-state index is -1.14. The molecular weight excluding hydrogens is 436 g/mol. The monoisotopic (exact) mass is 462 g/mol. The molecule has 0 aromatic heterocycles. The normalized spacial score (nSPS) is 12.4. The average Bonchev–Trinajstić information content (AvgIpc) is 2.84. The summed E-state index contributed by atoms with van der Waals surface area (Å²) in [7, 11) is 0. The van der Waals surface area contributed by atoms with Crippen LogP contribution in [0.4, 0.5) is 0 Å². The first-order chi connectivity index (χ1) is 16.0. The summed E-state index contributed by atoms with van der Waals surface area (Å²) in [5, 5.41) is 14.9. The molecule has 0 aliphatic rings. The quantitative estimate of drug-likeness (QED) is 0.346. The number of carboxylic acids is 1. The summed E-state index contributed by atoms with van der Waals surface area (Å²) in [6.45, 7) is 0. The van der Waals surface area contributed by atoms with Crippen LogP contribution in [0.25, 0.3) is 11.1 Å². The van der Waals surface area contributed by atoms with Crippen molar-refractivity contribution in [3.63, 3.8) is 0 Å². The number of amides is 2. The zero-order valence-electron chi connectivity index (χ0n) is 18.0. The molecule has 7 heteroatoms. The van der Waals surface area contributed by atoms with Crippen molar-refractivity contribution in [2.24, 2.45) is 0 Å². The molecule has 170 valence electrons. The molecule has 3 aromatic rings. The van der Waals surface area contributed by atoms with E-state index in [-0.39, 0.29) is 12.8 Å². The average molecular weight is 463 g/mol. The van der Waals surface area contributed by atoms with Crippen LogP contribution < -0.4 is 10.6 Å². The minimum absolute atomic E-state index is 0.139. The summed E-state index contributed by atoms with van der Waals surface area (Å²) in [6.07, 6.45) is 0.395. The largest absolute Gasteiger partial charge is 0.480 e. The van der Waals surface area contributed by atoms with E-state index in [2.05, 4.69) is 23.3 Å². The lowest BCUT2D eigenvalue weighted by Gasteiger charge is -2.22. The molecule has 2 amide bonds. The van der Waals surface area contributed by atoms with Gasteiger partial charge in [-0.25, -0.2) is 4.79 Å². The molecule has 0 saturated heterocycles. The lowest BCUT2D eigenvalue weighted by Crippen LogP contribution is -2.52. The Morgan fingerprint density at radius 2 is 1.39 bits per heavy atom. The maximum Gasteiger partial charge on any atom is 0.326 e. The fourth-order valence-electron chi connectivity index (χ4n) is 3.51. The zero-order chi connectivity index (χ0) is 23.6. The van der Waals surface area contributed by atoms with Gasteiger partial charge >= 0.3 is 5.97 Å². The Bertz CT molecular complexity index is 1090. The Labute approximate surface area is 198 Å². The molecule has 0 heterocycles. The Hall–Kier alpha value is -3.58. The molecule has 3 N–H and O–H groups in total. The minimum Gasteiger partial charge on any atom is -0.480 e. The first kappa shape index (κ1) is 24.1. The summed E-state index contributed by atoms with van der Waals surface area (Å²) >= 11 is 4.21. The van der Waals surface area contributed by atoms with Crippen molar-refractivity contribution in [3.05, 3.63) is 96.1 Å². The third-order valence-electron chi connectivity index (χ3n) is 5.19. The van der Waals surface area contributed by atoms with E-state index < -0.39 is 29.9 Å². The molecule has 0 radical (unpaired) electrons. The number of carboxylic acid groups (broad SMARTS) is 1. The van der Waals surface area contributed by atoms with Crippen molar-refractivity contribution >= 4 is 30.4 Å². The molecule has 0 fully saturated rings. The fourth-order valence-corrected chi connectivity index (χ4v) is 3.76. The van der Waals surface area contributed by atoms with Gasteiger partial charge in [0.1, 0.15) is 12.1 Å². The second kappa shape index (κ2) is 11.9. The smallest absolute Gasteiger partial charge is 0.326 e. The highest BCUT2D eigenvalue weighted by Gasteiger charge is 2.27. The first-order valence-corrected chi connectivity index (χ1v) is 11.3. The number of nitrogens with one attached hydrogen (secondary N) is 2. The highest BCUT2D eigenvalue weighted by molar-refractivity contribution is 7.80. The van der Waals surface area contributed by atoms with Crippen LogP contribution in [0.5, 0.6) is 0 Å². The fraction of sp³-hybridized carbons (Fsp3) is 0.192. The van der Waals surface area contributed by atoms with Gasteiger partial charge in [0.05, 0.1) is 0 Å². The number of carbonyl (C=O) groups is 3. The summed E-state index contributed by atoms with van der Waals surface area (Å²) in [6, 6.07) is 23.7. The van der Waals surface area contributed by atoms with E-state index in [4.69, 9.17) is 0 Å². The second-order valence-electron chi connectivity index (χ2n) is 7.54. The Balaban J connectivity index is 1.75. The van der Waals surface area contributed by atoms with E-state index in [0.717, 1.165) is 16.7 Å². The molecule has 33 heavy (non-hydrogen) atoms. The van der Waals surface area contributed by atoms with Gasteiger partial charge in [-0.15, -0.1) is 0 Å². The van der Waals surface area contributed by atoms with Crippen LogP contribution in [0.2, 0.25) is 0 Å². The van der Waals surface area contributed by atoms with Gasteiger partial charge in [0.2, 0.25) is 5.91 Å². The van der Waals surface area contributed by atoms with Gasteiger partial charge in [-0.2, -0.15) is 12.6 Å². The highest BCUT2D eigenvalue weighted by atomic mass is 32.1. The van der Waals surface area contributed by atoms with Crippen LogP contribution in [0.15, 0.2) is 84.9 Å². The third kappa shape index (κ3) is 6.70. The standard InChI is InChI=1S/C26H26N2O4S/c29-24(21-14-8-7-13-20(21)19-11-5-2-6-12-19)27-22(15-16-33)25(30)28-23(26(31)32)17-18-9-3-1-4-10-18/h1-14,22-23,33H,15-17H2,(H,27,29)(H,28,30)(H,31,32)/t22?,23-/m1/s1. The maximum atomic E-state index is 13.1. The van der Waals surface area contributed by atoms with Crippen LogP contribution in [0, 0.1) is 0 Å². The third-order valence-corrected chi connectivity index (χ3v) is 5.45. The number of rotatable bonds is 10. The second-order valence-corrected chi connectivity index (χ2v) is 7.99. The van der Waals surface area contributed by atoms with E-state index in [1.54, 1.807) is 24.3 Å². The van der Waals surface area contributed by atoms with Crippen molar-refractivity contribution in [3.8, 4) is 11.1 Å². The van der Waals surface area contributed by atoms with Crippen LogP contribution in [-0.2, 0) is 16.0 Å². The number of aliphatic carboxylic acids is 1. The Morgan fingerprint density at radius 3 is 2.03 bits per heavy atom. The topological polar surface area (TPSA) is 95.5 Å². The van der Waals surface area contributed by atoms with E-state index >= 15 is 0 Å². The van der Waals surface area contributed by atoms with E-state index in [9.17, 15) is 19.5 Å². The van der Waals surface area contributed by atoms with E-state index in [1.807, 2.05) is 60.7 Å². The molecule has 0 saturated carbocycles. The molecule has 3 aromatic carbocycles. The van der Waals surface area contributed by atoms with Crippen molar-refractivity contribution in [1.82, 2.24) is 10.6 Å². The van der Waals surface area contributed by atoms with Gasteiger partial charge in [-0.05, 0) is 34.9 Å². The lowest BCUT2D eigenvalue weighted by molar-refractivity contribution is -0.142. The van der Waals surface area contributed by atoms with E-state index in [0.29, 0.717) is 11.3 Å². The number of carbonyl (C=O) groups excluding carboxylic acids is 2. The molecule has 3 rings (SSSR count). The van der Waals surface area contributed by atoms with Crippen LogP contribution in [-0.4, -0.2) is 40.7 Å². The van der Waals surface area contributed by atoms with Crippen molar-refractivity contribution in [2.45, 2.75) is 24.9 Å². The molecule has 0 aliphatic carbocycles. The van der Waals surface area contributed by atoms with Crippen molar-refractivity contribution < 1.29 is 19.5 Å². The molecule has 0 aliphatic heterocycles. The molecule has 2 atom stereocenters. The van der Waals surface area contributed by atoms with E-state index in [1.165, 1.54) is 0 Å². The van der Waals surface area contributed by atoms with Crippen molar-refractivity contribution in [1.29, 1.82) is 0 Å². The van der Waals surface area contributed by atoms with Crippen LogP contribution in [0.1, 0.15) is 22.3 Å². The van der Waals surface area contributed by atoms with Gasteiger partial charge in [-0.1, -0.05) is 78.9 Å². The molecule has 0 bridgehead atoms. The van der Waals surface area contributed by atoms with Crippen LogP contribution >= 0.6 is 12.6 Å². The summed E-state index contributed by atoms with van der Waals surface area (Å²) in [5.41, 5.74) is 2.84. The molecule has 0 spiro atoms. The van der Waals surface area contributed by atoms with Gasteiger partial charge in [0.15, 0.2) is 0 Å². The molecule has 1 unspecified atom stereocenters. The number of benzene rings is 3.